The molecule has 2 amide bonds. The second-order valence-corrected chi connectivity index (χ2v) is 8.31. The van der Waals surface area contributed by atoms with Gasteiger partial charge in [0.1, 0.15) is 12.6 Å². The summed E-state index contributed by atoms with van der Waals surface area (Å²) in [5, 5.41) is 18.1. The number of carbonyl (C=O) groups excluding carboxylic acids is 2. The number of likely N-dealkylation sites (tertiary alicyclic amines) is 1. The van der Waals surface area contributed by atoms with Crippen LogP contribution in [-0.4, -0.2) is 62.4 Å². The normalized spacial score (nSPS) is 17.1. The van der Waals surface area contributed by atoms with E-state index in [1.54, 1.807) is 0 Å². The number of amides is 2. The predicted molar refractivity (Wildman–Crippen MR) is 121 cm³/mol. The zero-order valence-corrected chi connectivity index (χ0v) is 18.2. The summed E-state index contributed by atoms with van der Waals surface area (Å²) in [4.78, 5) is 41.9. The Bertz CT molecular complexity index is 1210. The van der Waals surface area contributed by atoms with Gasteiger partial charge in [-0.1, -0.05) is 48.5 Å². The third-order valence-corrected chi connectivity index (χ3v) is 6.29. The van der Waals surface area contributed by atoms with Crippen molar-refractivity contribution < 1.29 is 24.2 Å². The molecular weight excluding hydrogens is 438 g/mol. The van der Waals surface area contributed by atoms with Gasteiger partial charge in [0, 0.05) is 12.5 Å². The van der Waals surface area contributed by atoms with Crippen molar-refractivity contribution in [3.05, 3.63) is 65.5 Å². The van der Waals surface area contributed by atoms with Gasteiger partial charge in [-0.15, -0.1) is 5.10 Å². The number of nitrogens with one attached hydrogen (secondary N) is 2. The number of nitrogens with zero attached hydrogens (tertiary/aromatic N) is 3. The summed E-state index contributed by atoms with van der Waals surface area (Å²) in [5.41, 5.74) is 4.44. The van der Waals surface area contributed by atoms with E-state index in [-0.39, 0.29) is 24.3 Å². The topological polar surface area (TPSA) is 138 Å². The lowest BCUT2D eigenvalue weighted by Gasteiger charge is -2.32. The summed E-state index contributed by atoms with van der Waals surface area (Å²) < 4.78 is 5.46. The summed E-state index contributed by atoms with van der Waals surface area (Å²) in [5.74, 6) is -1.97. The number of anilines is 1. The molecule has 1 unspecified atom stereocenters. The first-order valence-corrected chi connectivity index (χ1v) is 11.1. The first-order valence-electron chi connectivity index (χ1n) is 11.1. The number of H-pyrrole nitrogens is 1. The monoisotopic (exact) mass is 461 g/mol. The van der Waals surface area contributed by atoms with E-state index in [1.807, 2.05) is 36.4 Å². The third kappa shape index (κ3) is 3.98. The molecule has 0 saturated carbocycles. The van der Waals surface area contributed by atoms with E-state index in [0.717, 1.165) is 28.7 Å². The number of rotatable bonds is 5. The summed E-state index contributed by atoms with van der Waals surface area (Å²) in [6.07, 6.45) is 1.10. The van der Waals surface area contributed by atoms with Gasteiger partial charge in [-0.3, -0.25) is 15.2 Å². The average molecular weight is 461 g/mol. The SMILES string of the molecule is O=C(Nc1n[nH]c(C(=O)N2CCCCC2C(=O)O)n1)OCC1c2ccccc2-c2ccccc21. The fourth-order valence-corrected chi connectivity index (χ4v) is 4.71. The molecule has 1 atom stereocenters. The number of aromatic amines is 1. The van der Waals surface area contributed by atoms with Gasteiger partial charge in [0.2, 0.25) is 5.82 Å². The lowest BCUT2D eigenvalue weighted by Crippen LogP contribution is -2.48. The van der Waals surface area contributed by atoms with Crippen LogP contribution in [0.15, 0.2) is 48.5 Å². The van der Waals surface area contributed by atoms with Crippen molar-refractivity contribution in [3.8, 4) is 11.1 Å². The van der Waals surface area contributed by atoms with Crippen molar-refractivity contribution in [1.29, 1.82) is 0 Å². The summed E-state index contributed by atoms with van der Waals surface area (Å²) >= 11 is 0. The molecule has 1 saturated heterocycles. The standard InChI is InChI=1S/C24H23N5O5/c30-21(29-12-6-5-11-19(29)22(31)32)20-25-23(28-27-20)26-24(33)34-13-18-16-9-3-1-7-14(16)15-8-2-4-10-17(15)18/h1-4,7-10,18-19H,5-6,11-13H2,(H,31,32)(H2,25,26,27,28,33). The number of piperidine rings is 1. The maximum Gasteiger partial charge on any atom is 0.414 e. The quantitative estimate of drug-likeness (QED) is 0.530. The zero-order valence-electron chi connectivity index (χ0n) is 18.2. The van der Waals surface area contributed by atoms with E-state index in [4.69, 9.17) is 4.74 Å². The number of carbonyl (C=O) groups is 3. The van der Waals surface area contributed by atoms with E-state index in [2.05, 4.69) is 32.6 Å². The molecule has 10 nitrogen and oxygen atoms in total. The number of hydrogen-bond acceptors (Lipinski definition) is 6. The van der Waals surface area contributed by atoms with Gasteiger partial charge in [0.05, 0.1) is 0 Å². The van der Waals surface area contributed by atoms with Crippen molar-refractivity contribution >= 4 is 23.9 Å². The molecule has 3 aromatic rings. The van der Waals surface area contributed by atoms with Crippen LogP contribution >= 0.6 is 0 Å². The minimum Gasteiger partial charge on any atom is -0.480 e. The van der Waals surface area contributed by atoms with Crippen molar-refractivity contribution in [2.45, 2.75) is 31.2 Å². The van der Waals surface area contributed by atoms with Crippen LogP contribution in [0.2, 0.25) is 0 Å². The van der Waals surface area contributed by atoms with Gasteiger partial charge in [-0.05, 0) is 41.5 Å². The van der Waals surface area contributed by atoms with Crippen molar-refractivity contribution in [1.82, 2.24) is 20.1 Å². The summed E-state index contributed by atoms with van der Waals surface area (Å²) in [7, 11) is 0. The molecule has 0 bridgehead atoms. The maximum atomic E-state index is 12.7. The van der Waals surface area contributed by atoms with Gasteiger partial charge < -0.3 is 14.7 Å². The Morgan fingerprint density at radius 3 is 2.41 bits per heavy atom. The van der Waals surface area contributed by atoms with Crippen LogP contribution in [0.3, 0.4) is 0 Å². The maximum absolute atomic E-state index is 12.7. The number of aliphatic carboxylic acids is 1. The molecule has 1 aromatic heterocycles. The molecule has 174 valence electrons. The van der Waals surface area contributed by atoms with E-state index in [9.17, 15) is 19.5 Å². The van der Waals surface area contributed by atoms with Crippen molar-refractivity contribution in [2.75, 3.05) is 18.5 Å². The third-order valence-electron chi connectivity index (χ3n) is 6.29. The molecule has 34 heavy (non-hydrogen) atoms. The molecule has 1 aliphatic heterocycles. The Balaban J connectivity index is 1.23. The van der Waals surface area contributed by atoms with Gasteiger partial charge in [-0.2, -0.15) is 4.98 Å². The second-order valence-electron chi connectivity index (χ2n) is 8.31. The fourth-order valence-electron chi connectivity index (χ4n) is 4.71. The zero-order chi connectivity index (χ0) is 23.7. The average Bonchev–Trinajstić information content (AvgIpc) is 3.45. The summed E-state index contributed by atoms with van der Waals surface area (Å²) in [6.45, 7) is 0.454. The highest BCUT2D eigenvalue weighted by molar-refractivity contribution is 5.94. The summed E-state index contributed by atoms with van der Waals surface area (Å²) in [6, 6.07) is 15.1. The first kappa shape index (κ1) is 21.6. The predicted octanol–water partition coefficient (Wildman–Crippen LogP) is 3.25. The lowest BCUT2D eigenvalue weighted by molar-refractivity contribution is -0.143. The lowest BCUT2D eigenvalue weighted by atomic mass is 9.98. The Morgan fingerprint density at radius 1 is 1.06 bits per heavy atom. The smallest absolute Gasteiger partial charge is 0.414 e. The number of ether oxygens (including phenoxy) is 1. The number of aromatic nitrogens is 3. The minimum atomic E-state index is -1.05. The molecule has 1 fully saturated rings. The number of carboxylic acid groups (broad SMARTS) is 1. The molecule has 5 rings (SSSR count). The molecule has 2 aliphatic rings. The molecular formula is C24H23N5O5. The molecule has 0 spiro atoms. The van der Waals surface area contributed by atoms with Crippen LogP contribution in [0.1, 0.15) is 46.9 Å². The van der Waals surface area contributed by atoms with E-state index in [1.165, 1.54) is 4.90 Å². The molecule has 10 heteroatoms. The Hall–Kier alpha value is -4.21. The van der Waals surface area contributed by atoms with Crippen LogP contribution in [-0.2, 0) is 9.53 Å². The van der Waals surface area contributed by atoms with E-state index < -0.39 is 24.0 Å². The Morgan fingerprint density at radius 2 is 1.74 bits per heavy atom. The van der Waals surface area contributed by atoms with Crippen LogP contribution in [0.25, 0.3) is 11.1 Å². The van der Waals surface area contributed by atoms with Crippen molar-refractivity contribution in [3.63, 3.8) is 0 Å². The van der Waals surface area contributed by atoms with Crippen LogP contribution in [0.5, 0.6) is 0 Å². The molecule has 0 radical (unpaired) electrons. The van der Waals surface area contributed by atoms with E-state index >= 15 is 0 Å². The van der Waals surface area contributed by atoms with Gasteiger partial charge >= 0.3 is 12.1 Å². The largest absolute Gasteiger partial charge is 0.480 e. The molecule has 2 aromatic carbocycles. The highest BCUT2D eigenvalue weighted by Crippen LogP contribution is 2.44. The molecule has 3 N–H and O–H groups in total. The molecule has 2 heterocycles. The van der Waals surface area contributed by atoms with Gasteiger partial charge in [0.15, 0.2) is 0 Å². The van der Waals surface area contributed by atoms with Crippen LogP contribution in [0.4, 0.5) is 10.7 Å². The highest BCUT2D eigenvalue weighted by Gasteiger charge is 2.34. The molecule has 1 aliphatic carbocycles. The van der Waals surface area contributed by atoms with E-state index in [0.29, 0.717) is 19.4 Å². The Labute approximate surface area is 195 Å². The number of benzene rings is 2. The minimum absolute atomic E-state index is 0.0884. The van der Waals surface area contributed by atoms with Crippen molar-refractivity contribution in [2.24, 2.45) is 0 Å². The number of hydrogen-bond donors (Lipinski definition) is 3. The number of fused-ring (bicyclic) bond motifs is 3. The second kappa shape index (κ2) is 8.97. The van der Waals surface area contributed by atoms with Gasteiger partial charge in [-0.25, -0.2) is 9.59 Å². The number of carboxylic acids is 1. The highest BCUT2D eigenvalue weighted by atomic mass is 16.5. The Kier molecular flexibility index (Phi) is 5.70. The first-order chi connectivity index (χ1) is 16.5. The van der Waals surface area contributed by atoms with Crippen LogP contribution < -0.4 is 5.32 Å². The van der Waals surface area contributed by atoms with Gasteiger partial charge in [0.25, 0.3) is 11.9 Å². The van der Waals surface area contributed by atoms with Crippen LogP contribution in [0, 0.1) is 0 Å². The fraction of sp³-hybridized carbons (Fsp3) is 0.292.